The third-order valence-electron chi connectivity index (χ3n) is 3.64. The molecule has 0 aliphatic heterocycles. The van der Waals surface area contributed by atoms with Crippen molar-refractivity contribution in [3.8, 4) is 0 Å². The number of nitrogens with zero attached hydrogens (tertiary/aromatic N) is 1. The van der Waals surface area contributed by atoms with E-state index in [1.54, 1.807) is 0 Å². The van der Waals surface area contributed by atoms with Crippen molar-refractivity contribution in [1.82, 2.24) is 4.98 Å². The van der Waals surface area contributed by atoms with Gasteiger partial charge in [-0.1, -0.05) is 52.8 Å². The Bertz CT molecular complexity index is 562. The monoisotopic (exact) mass is 241 g/mol. The second-order valence-electron chi connectivity index (χ2n) is 5.94. The van der Waals surface area contributed by atoms with E-state index < -0.39 is 0 Å². The number of hydrogen-bond acceptors (Lipinski definition) is 1. The zero-order valence-electron chi connectivity index (χ0n) is 12.2. The van der Waals surface area contributed by atoms with Crippen LogP contribution in [0.5, 0.6) is 0 Å². The molecule has 0 fully saturated rings. The fraction of sp³-hybridized carbons (Fsp3) is 0.471. The molecule has 0 saturated carbocycles. The molecule has 0 atom stereocenters. The fourth-order valence-electron chi connectivity index (χ4n) is 2.48. The second kappa shape index (κ2) is 4.72. The second-order valence-corrected chi connectivity index (χ2v) is 5.94. The summed E-state index contributed by atoms with van der Waals surface area (Å²) in [6.45, 7) is 11.2. The van der Waals surface area contributed by atoms with Gasteiger partial charge in [0.25, 0.3) is 0 Å². The predicted octanol–water partition coefficient (Wildman–Crippen LogP) is 4.66. The topological polar surface area (TPSA) is 12.9 Å². The number of rotatable bonds is 2. The van der Waals surface area contributed by atoms with Gasteiger partial charge in [0.15, 0.2) is 0 Å². The SMILES string of the molecule is CCc1ncc2ccc(C(C)(C)C)cc2c1CC. The zero-order chi connectivity index (χ0) is 13.3. The van der Waals surface area contributed by atoms with Gasteiger partial charge >= 0.3 is 0 Å². The van der Waals surface area contributed by atoms with Crippen LogP contribution in [0.2, 0.25) is 0 Å². The zero-order valence-corrected chi connectivity index (χ0v) is 12.2. The number of benzene rings is 1. The van der Waals surface area contributed by atoms with Crippen molar-refractivity contribution < 1.29 is 0 Å². The van der Waals surface area contributed by atoms with Gasteiger partial charge in [0.1, 0.15) is 0 Å². The first kappa shape index (κ1) is 13.1. The fourth-order valence-corrected chi connectivity index (χ4v) is 2.48. The molecule has 0 bridgehead atoms. The molecule has 1 heterocycles. The minimum Gasteiger partial charge on any atom is -0.260 e. The normalized spacial score (nSPS) is 12.1. The van der Waals surface area contributed by atoms with Crippen molar-refractivity contribution in [1.29, 1.82) is 0 Å². The van der Waals surface area contributed by atoms with Gasteiger partial charge in [0.2, 0.25) is 0 Å². The summed E-state index contributed by atoms with van der Waals surface area (Å²) in [5, 5.41) is 2.65. The molecule has 1 aromatic heterocycles. The molecule has 2 aromatic rings. The summed E-state index contributed by atoms with van der Waals surface area (Å²) in [4.78, 5) is 4.59. The molecule has 0 saturated heterocycles. The smallest absolute Gasteiger partial charge is 0.0439 e. The van der Waals surface area contributed by atoms with Crippen LogP contribution in [0.3, 0.4) is 0 Å². The molecule has 1 nitrogen and oxygen atoms in total. The highest BCUT2D eigenvalue weighted by Crippen LogP contribution is 2.28. The summed E-state index contributed by atoms with van der Waals surface area (Å²) in [6, 6.07) is 6.80. The van der Waals surface area contributed by atoms with Crippen LogP contribution >= 0.6 is 0 Å². The molecule has 0 aliphatic rings. The third-order valence-corrected chi connectivity index (χ3v) is 3.64. The average Bonchev–Trinajstić information content (AvgIpc) is 2.35. The van der Waals surface area contributed by atoms with E-state index in [1.165, 1.54) is 27.6 Å². The Morgan fingerprint density at radius 1 is 1.06 bits per heavy atom. The van der Waals surface area contributed by atoms with Crippen LogP contribution in [0.4, 0.5) is 0 Å². The van der Waals surface area contributed by atoms with Crippen molar-refractivity contribution in [3.63, 3.8) is 0 Å². The van der Waals surface area contributed by atoms with E-state index in [2.05, 4.69) is 57.8 Å². The summed E-state index contributed by atoms with van der Waals surface area (Å²) in [7, 11) is 0. The Morgan fingerprint density at radius 3 is 2.33 bits per heavy atom. The molecule has 96 valence electrons. The molecule has 0 radical (unpaired) electrons. The minimum absolute atomic E-state index is 0.203. The standard InChI is InChI=1S/C17H23N/c1-6-14-15-10-13(17(3,4)5)9-8-12(15)11-18-16(14)7-2/h8-11H,6-7H2,1-5H3. The first-order valence-electron chi connectivity index (χ1n) is 6.88. The minimum atomic E-state index is 0.203. The molecule has 0 unspecified atom stereocenters. The predicted molar refractivity (Wildman–Crippen MR) is 79.2 cm³/mol. The maximum absolute atomic E-state index is 4.59. The number of fused-ring (bicyclic) bond motifs is 1. The van der Waals surface area contributed by atoms with Crippen LogP contribution in [-0.4, -0.2) is 4.98 Å². The van der Waals surface area contributed by atoms with Gasteiger partial charge in [-0.2, -0.15) is 0 Å². The molecular weight excluding hydrogens is 218 g/mol. The van der Waals surface area contributed by atoms with Crippen LogP contribution in [0.15, 0.2) is 24.4 Å². The van der Waals surface area contributed by atoms with E-state index in [-0.39, 0.29) is 5.41 Å². The van der Waals surface area contributed by atoms with Crippen LogP contribution in [0, 0.1) is 0 Å². The van der Waals surface area contributed by atoms with Crippen molar-refractivity contribution in [3.05, 3.63) is 41.2 Å². The van der Waals surface area contributed by atoms with Crippen molar-refractivity contribution in [2.75, 3.05) is 0 Å². The molecule has 18 heavy (non-hydrogen) atoms. The Kier molecular flexibility index (Phi) is 3.43. The first-order valence-corrected chi connectivity index (χ1v) is 6.88. The molecule has 0 spiro atoms. The van der Waals surface area contributed by atoms with E-state index in [1.807, 2.05) is 6.20 Å². The van der Waals surface area contributed by atoms with Crippen LogP contribution in [0.25, 0.3) is 10.8 Å². The van der Waals surface area contributed by atoms with Gasteiger partial charge in [-0.05, 0) is 34.8 Å². The van der Waals surface area contributed by atoms with Crippen LogP contribution < -0.4 is 0 Å². The average molecular weight is 241 g/mol. The largest absolute Gasteiger partial charge is 0.260 e. The lowest BCUT2D eigenvalue weighted by atomic mass is 9.85. The molecule has 1 aromatic carbocycles. The molecule has 0 aliphatic carbocycles. The third kappa shape index (κ3) is 2.27. The summed E-state index contributed by atoms with van der Waals surface area (Å²) < 4.78 is 0. The number of aromatic nitrogens is 1. The van der Waals surface area contributed by atoms with Crippen LogP contribution in [-0.2, 0) is 18.3 Å². The number of hydrogen-bond donors (Lipinski definition) is 0. The molecule has 0 amide bonds. The van der Waals surface area contributed by atoms with E-state index in [0.717, 1.165) is 12.8 Å². The quantitative estimate of drug-likeness (QED) is 0.745. The van der Waals surface area contributed by atoms with Gasteiger partial charge in [-0.15, -0.1) is 0 Å². The Labute approximate surface area is 110 Å². The Morgan fingerprint density at radius 2 is 1.78 bits per heavy atom. The highest BCUT2D eigenvalue weighted by Gasteiger charge is 2.15. The van der Waals surface area contributed by atoms with Gasteiger partial charge in [0.05, 0.1) is 0 Å². The molecule has 1 heteroatoms. The van der Waals surface area contributed by atoms with E-state index in [9.17, 15) is 0 Å². The van der Waals surface area contributed by atoms with E-state index in [4.69, 9.17) is 0 Å². The molecular formula is C17H23N. The van der Waals surface area contributed by atoms with Gasteiger partial charge in [0, 0.05) is 17.3 Å². The van der Waals surface area contributed by atoms with Gasteiger partial charge in [-0.25, -0.2) is 0 Å². The Balaban J connectivity index is 2.73. The van der Waals surface area contributed by atoms with E-state index >= 15 is 0 Å². The highest BCUT2D eigenvalue weighted by molar-refractivity contribution is 5.86. The van der Waals surface area contributed by atoms with Gasteiger partial charge in [-0.3, -0.25) is 4.98 Å². The molecule has 2 rings (SSSR count). The maximum Gasteiger partial charge on any atom is 0.0439 e. The summed E-state index contributed by atoms with van der Waals surface area (Å²) in [5.41, 5.74) is 4.27. The van der Waals surface area contributed by atoms with Crippen molar-refractivity contribution in [2.45, 2.75) is 52.9 Å². The number of aryl methyl sites for hydroxylation is 2. The highest BCUT2D eigenvalue weighted by atomic mass is 14.7. The van der Waals surface area contributed by atoms with Crippen molar-refractivity contribution >= 4 is 10.8 Å². The van der Waals surface area contributed by atoms with Crippen molar-refractivity contribution in [2.24, 2.45) is 0 Å². The molecule has 0 N–H and O–H groups in total. The number of pyridine rings is 1. The van der Waals surface area contributed by atoms with E-state index in [0.29, 0.717) is 0 Å². The first-order chi connectivity index (χ1) is 8.47. The van der Waals surface area contributed by atoms with Crippen LogP contribution in [0.1, 0.15) is 51.4 Å². The summed E-state index contributed by atoms with van der Waals surface area (Å²) in [5.74, 6) is 0. The lowest BCUT2D eigenvalue weighted by molar-refractivity contribution is 0.591. The lowest BCUT2D eigenvalue weighted by Crippen LogP contribution is -2.11. The van der Waals surface area contributed by atoms with Gasteiger partial charge < -0.3 is 0 Å². The Hall–Kier alpha value is -1.37. The maximum atomic E-state index is 4.59. The summed E-state index contributed by atoms with van der Waals surface area (Å²) in [6.07, 6.45) is 4.08. The lowest BCUT2D eigenvalue weighted by Gasteiger charge is -2.20. The summed E-state index contributed by atoms with van der Waals surface area (Å²) >= 11 is 0.